The SMILES string of the molecule is NC(=O)c1ccccc1[CH]CC(=O)N1CCC[C@H](O)C1. The number of β-amino-alcohol motifs (C(OH)–C–C–N with tert-alkyl or cyclic N) is 1. The van der Waals surface area contributed by atoms with Gasteiger partial charge in [-0.1, -0.05) is 18.2 Å². The number of primary amides is 1. The van der Waals surface area contributed by atoms with Gasteiger partial charge in [-0.3, -0.25) is 9.59 Å². The average molecular weight is 275 g/mol. The second-order valence-electron chi connectivity index (χ2n) is 5.00. The molecule has 5 heteroatoms. The van der Waals surface area contributed by atoms with Crippen LogP contribution < -0.4 is 5.73 Å². The van der Waals surface area contributed by atoms with E-state index in [0.717, 1.165) is 12.8 Å². The molecule has 1 fully saturated rings. The van der Waals surface area contributed by atoms with Crippen molar-refractivity contribution < 1.29 is 14.7 Å². The quantitative estimate of drug-likeness (QED) is 0.849. The molecule has 1 aromatic carbocycles. The van der Waals surface area contributed by atoms with Crippen LogP contribution >= 0.6 is 0 Å². The van der Waals surface area contributed by atoms with Gasteiger partial charge >= 0.3 is 0 Å². The lowest BCUT2D eigenvalue weighted by molar-refractivity contribution is -0.133. The highest BCUT2D eigenvalue weighted by molar-refractivity contribution is 5.95. The minimum absolute atomic E-state index is 0.0389. The van der Waals surface area contributed by atoms with E-state index in [2.05, 4.69) is 0 Å². The van der Waals surface area contributed by atoms with Crippen molar-refractivity contribution in [2.24, 2.45) is 5.73 Å². The van der Waals surface area contributed by atoms with Gasteiger partial charge in [0.15, 0.2) is 0 Å². The molecule has 2 rings (SSSR count). The first-order chi connectivity index (χ1) is 9.58. The molecule has 2 amide bonds. The van der Waals surface area contributed by atoms with Gasteiger partial charge in [0, 0.05) is 31.5 Å². The van der Waals surface area contributed by atoms with Crippen molar-refractivity contribution >= 4 is 11.8 Å². The predicted molar refractivity (Wildman–Crippen MR) is 74.8 cm³/mol. The molecule has 3 N–H and O–H groups in total. The smallest absolute Gasteiger partial charge is 0.248 e. The fraction of sp³-hybridized carbons (Fsp3) is 0.400. The number of carbonyl (C=O) groups is 2. The Labute approximate surface area is 118 Å². The molecule has 1 aliphatic heterocycles. The van der Waals surface area contributed by atoms with Crippen LogP contribution in [0.15, 0.2) is 24.3 Å². The lowest BCUT2D eigenvalue weighted by atomic mass is 10.0. The Kier molecular flexibility index (Phi) is 4.74. The van der Waals surface area contributed by atoms with Crippen LogP contribution in [0, 0.1) is 6.42 Å². The van der Waals surface area contributed by atoms with Crippen molar-refractivity contribution in [3.05, 3.63) is 41.8 Å². The van der Waals surface area contributed by atoms with Crippen molar-refractivity contribution in [2.75, 3.05) is 13.1 Å². The van der Waals surface area contributed by atoms with Crippen LogP contribution in [0.5, 0.6) is 0 Å². The highest BCUT2D eigenvalue weighted by Crippen LogP contribution is 2.15. The van der Waals surface area contributed by atoms with Gasteiger partial charge in [-0.25, -0.2) is 0 Å². The summed E-state index contributed by atoms with van der Waals surface area (Å²) in [6.45, 7) is 1.07. The Balaban J connectivity index is 1.95. The molecule has 1 radical (unpaired) electrons. The third-order valence-electron chi connectivity index (χ3n) is 3.47. The number of aliphatic hydroxyl groups is 1. The van der Waals surface area contributed by atoms with Crippen LogP contribution in [0.1, 0.15) is 35.2 Å². The largest absolute Gasteiger partial charge is 0.391 e. The van der Waals surface area contributed by atoms with Crippen LogP contribution in [0.4, 0.5) is 0 Å². The van der Waals surface area contributed by atoms with Crippen LogP contribution in [0.25, 0.3) is 0 Å². The summed E-state index contributed by atoms with van der Waals surface area (Å²) in [7, 11) is 0. The van der Waals surface area contributed by atoms with E-state index in [9.17, 15) is 14.7 Å². The standard InChI is InChI=1S/C15H19N2O3/c16-15(20)13-6-2-1-4-11(13)7-8-14(19)17-9-3-5-12(18)10-17/h1-2,4,6-7,12,18H,3,5,8-10H2,(H2,16,20)/t12-/m0/s1. The summed E-state index contributed by atoms with van der Waals surface area (Å²) in [5.74, 6) is -0.541. The molecule has 107 valence electrons. The number of hydrogen-bond donors (Lipinski definition) is 2. The van der Waals surface area contributed by atoms with Crippen LogP contribution in [0.3, 0.4) is 0 Å². The summed E-state index contributed by atoms with van der Waals surface area (Å²) in [5, 5.41) is 9.57. The number of rotatable bonds is 4. The van der Waals surface area contributed by atoms with Crippen LogP contribution in [0.2, 0.25) is 0 Å². The zero-order valence-electron chi connectivity index (χ0n) is 11.3. The van der Waals surface area contributed by atoms with Crippen molar-refractivity contribution in [2.45, 2.75) is 25.4 Å². The summed E-state index contributed by atoms with van der Waals surface area (Å²) in [4.78, 5) is 25.0. The summed E-state index contributed by atoms with van der Waals surface area (Å²) < 4.78 is 0. The van der Waals surface area contributed by atoms with Crippen molar-refractivity contribution in [3.8, 4) is 0 Å². The van der Waals surface area contributed by atoms with Gasteiger partial charge < -0.3 is 15.7 Å². The van der Waals surface area contributed by atoms with Gasteiger partial charge in [-0.15, -0.1) is 0 Å². The molecule has 0 spiro atoms. The number of benzene rings is 1. The van der Waals surface area contributed by atoms with Gasteiger partial charge in [0.2, 0.25) is 11.8 Å². The number of amides is 2. The number of nitrogens with zero attached hydrogens (tertiary/aromatic N) is 1. The van der Waals surface area contributed by atoms with Crippen molar-refractivity contribution in [1.82, 2.24) is 4.90 Å². The van der Waals surface area contributed by atoms with Crippen LogP contribution in [-0.2, 0) is 4.79 Å². The molecule has 1 saturated heterocycles. The number of hydrogen-bond acceptors (Lipinski definition) is 3. The second-order valence-corrected chi connectivity index (χ2v) is 5.00. The van der Waals surface area contributed by atoms with E-state index in [1.165, 1.54) is 0 Å². The Hall–Kier alpha value is -1.88. The van der Waals surface area contributed by atoms with E-state index < -0.39 is 12.0 Å². The van der Waals surface area contributed by atoms with E-state index in [4.69, 9.17) is 5.73 Å². The van der Waals surface area contributed by atoms with E-state index in [0.29, 0.717) is 24.2 Å². The minimum atomic E-state index is -0.502. The second kappa shape index (κ2) is 6.52. The fourth-order valence-electron chi connectivity index (χ4n) is 2.41. The fourth-order valence-corrected chi connectivity index (χ4v) is 2.41. The maximum absolute atomic E-state index is 12.1. The van der Waals surface area contributed by atoms with E-state index >= 15 is 0 Å². The molecule has 0 bridgehead atoms. The maximum Gasteiger partial charge on any atom is 0.248 e. The number of nitrogens with two attached hydrogens (primary N) is 1. The van der Waals surface area contributed by atoms with Crippen molar-refractivity contribution in [3.63, 3.8) is 0 Å². The summed E-state index contributed by atoms with van der Waals surface area (Å²) in [6.07, 6.45) is 3.06. The summed E-state index contributed by atoms with van der Waals surface area (Å²) in [6, 6.07) is 6.94. The molecule has 0 aliphatic carbocycles. The summed E-state index contributed by atoms with van der Waals surface area (Å²) in [5.41, 5.74) is 6.38. The third-order valence-corrected chi connectivity index (χ3v) is 3.47. The predicted octanol–water partition coefficient (Wildman–Crippen LogP) is 0.711. The average Bonchev–Trinajstić information content (AvgIpc) is 2.45. The molecule has 20 heavy (non-hydrogen) atoms. The normalized spacial score (nSPS) is 18.9. The first-order valence-corrected chi connectivity index (χ1v) is 6.76. The number of aliphatic hydroxyl groups excluding tert-OH is 1. The molecule has 1 atom stereocenters. The van der Waals surface area contributed by atoms with Crippen molar-refractivity contribution in [1.29, 1.82) is 0 Å². The molecule has 1 aromatic rings. The van der Waals surface area contributed by atoms with Gasteiger partial charge in [0.1, 0.15) is 0 Å². The van der Waals surface area contributed by atoms with Gasteiger partial charge in [0.25, 0.3) is 0 Å². The van der Waals surface area contributed by atoms with E-state index in [1.54, 1.807) is 35.6 Å². The number of likely N-dealkylation sites (tertiary alicyclic amines) is 1. The molecule has 5 nitrogen and oxygen atoms in total. The Morgan fingerprint density at radius 1 is 1.40 bits per heavy atom. The highest BCUT2D eigenvalue weighted by Gasteiger charge is 2.22. The Bertz CT molecular complexity index is 502. The highest BCUT2D eigenvalue weighted by atomic mass is 16.3. The Morgan fingerprint density at radius 3 is 2.85 bits per heavy atom. The first-order valence-electron chi connectivity index (χ1n) is 6.76. The zero-order valence-corrected chi connectivity index (χ0v) is 11.3. The molecule has 1 aliphatic rings. The maximum atomic E-state index is 12.1. The summed E-state index contributed by atoms with van der Waals surface area (Å²) >= 11 is 0. The molecular formula is C15H19N2O3. The van der Waals surface area contributed by atoms with Gasteiger partial charge in [0.05, 0.1) is 6.10 Å². The monoisotopic (exact) mass is 275 g/mol. The van der Waals surface area contributed by atoms with Crippen LogP contribution in [-0.4, -0.2) is 41.0 Å². The van der Waals surface area contributed by atoms with Gasteiger partial charge in [-0.2, -0.15) is 0 Å². The molecule has 0 saturated carbocycles. The minimum Gasteiger partial charge on any atom is -0.391 e. The molecular weight excluding hydrogens is 256 g/mol. The number of piperidine rings is 1. The lowest BCUT2D eigenvalue weighted by Gasteiger charge is -2.30. The third kappa shape index (κ3) is 3.57. The molecule has 1 heterocycles. The van der Waals surface area contributed by atoms with E-state index in [1.807, 2.05) is 0 Å². The zero-order chi connectivity index (χ0) is 14.5. The van der Waals surface area contributed by atoms with Gasteiger partial charge in [-0.05, 0) is 24.5 Å². The topological polar surface area (TPSA) is 83.6 Å². The van der Waals surface area contributed by atoms with E-state index in [-0.39, 0.29) is 12.3 Å². The molecule has 0 unspecified atom stereocenters. The molecule has 0 aromatic heterocycles. The lowest BCUT2D eigenvalue weighted by Crippen LogP contribution is -2.42. The number of carbonyl (C=O) groups excluding carboxylic acids is 2. The first kappa shape index (κ1) is 14.5. The Morgan fingerprint density at radius 2 is 2.15 bits per heavy atom.